The van der Waals surface area contributed by atoms with Crippen LogP contribution in [0.4, 0.5) is 5.82 Å². The summed E-state index contributed by atoms with van der Waals surface area (Å²) in [6.45, 7) is 6.43. The van der Waals surface area contributed by atoms with Gasteiger partial charge in [0.05, 0.1) is 17.1 Å². The number of nitrogens with two attached hydrogens (primary N) is 1. The zero-order chi connectivity index (χ0) is 23.9. The fourth-order valence-corrected chi connectivity index (χ4v) is 5.41. The van der Waals surface area contributed by atoms with Gasteiger partial charge in [-0.15, -0.1) is 0 Å². The molecule has 0 aromatic carbocycles. The van der Waals surface area contributed by atoms with E-state index < -0.39 is 43.1 Å². The number of aliphatic hydroxyl groups excluding tert-OH is 2. The normalized spacial score (nSPS) is 28.0. The summed E-state index contributed by atoms with van der Waals surface area (Å²) in [5.41, 5.74) is 5.17. The molecule has 12 heteroatoms. The lowest BCUT2D eigenvalue weighted by molar-refractivity contribution is -0.0752. The van der Waals surface area contributed by atoms with E-state index in [0.717, 1.165) is 0 Å². The van der Waals surface area contributed by atoms with Crippen molar-refractivity contribution in [3.8, 4) is 0 Å². The molecular formula is C20H33N4O7P. The number of hydrogen-bond donors (Lipinski definition) is 5. The Labute approximate surface area is 186 Å². The van der Waals surface area contributed by atoms with Gasteiger partial charge in [-0.25, -0.2) is 9.97 Å². The second-order valence-electron chi connectivity index (χ2n) is 8.54. The fourth-order valence-electron chi connectivity index (χ4n) is 3.96. The van der Waals surface area contributed by atoms with Gasteiger partial charge in [-0.1, -0.05) is 20.8 Å². The second kappa shape index (κ2) is 8.98. The summed E-state index contributed by atoms with van der Waals surface area (Å²) in [6.07, 6.45) is -0.729. The lowest BCUT2D eigenvalue weighted by atomic mass is 9.88. The van der Waals surface area contributed by atoms with Crippen molar-refractivity contribution < 1.29 is 34.0 Å². The first-order chi connectivity index (χ1) is 14.9. The fraction of sp³-hybridized carbons (Fsp3) is 0.700. The van der Waals surface area contributed by atoms with Crippen LogP contribution in [0.25, 0.3) is 11.0 Å². The smallest absolute Gasteiger partial charge is 0.359 e. The number of ether oxygens (including phenoxy) is 1. The summed E-state index contributed by atoms with van der Waals surface area (Å²) in [4.78, 5) is 18.6. The van der Waals surface area contributed by atoms with Gasteiger partial charge in [-0.3, -0.25) is 9.09 Å². The number of rotatable bonds is 9. The molecule has 2 aromatic heterocycles. The highest BCUT2D eigenvalue weighted by atomic mass is 31.2. The molecule has 3 heterocycles. The van der Waals surface area contributed by atoms with Gasteiger partial charge in [-0.2, -0.15) is 0 Å². The summed E-state index contributed by atoms with van der Waals surface area (Å²) in [5, 5.41) is 30.5. The number of fused-ring (bicyclic) bond motifs is 1. The summed E-state index contributed by atoms with van der Waals surface area (Å²) in [5.74, 6) is 0.282. The van der Waals surface area contributed by atoms with E-state index in [1.165, 1.54) is 13.3 Å². The molecule has 6 N–H and O–H groups in total. The Balaban J connectivity index is 1.87. The highest BCUT2D eigenvalue weighted by molar-refractivity contribution is 7.54. The van der Waals surface area contributed by atoms with Crippen molar-refractivity contribution in [2.45, 2.75) is 88.9 Å². The number of nitrogen functional groups attached to an aromatic ring is 1. The number of anilines is 1. The van der Waals surface area contributed by atoms with Gasteiger partial charge >= 0.3 is 7.60 Å². The molecule has 11 nitrogen and oxygen atoms in total. The van der Waals surface area contributed by atoms with Gasteiger partial charge in [-0.05, 0) is 32.3 Å². The van der Waals surface area contributed by atoms with Crippen molar-refractivity contribution in [3.63, 3.8) is 0 Å². The average molecular weight is 472 g/mol. The number of aliphatic hydroxyl groups is 3. The number of nitrogens with zero attached hydrogens (tertiary/aromatic N) is 3. The number of aromatic nitrogens is 3. The van der Waals surface area contributed by atoms with Crippen LogP contribution in [0.5, 0.6) is 0 Å². The molecule has 0 bridgehead atoms. The molecule has 6 atom stereocenters. The minimum absolute atomic E-state index is 0.0271. The Morgan fingerprint density at radius 1 is 1.22 bits per heavy atom. The van der Waals surface area contributed by atoms with Gasteiger partial charge in [0.1, 0.15) is 30.0 Å². The third kappa shape index (κ3) is 4.31. The van der Waals surface area contributed by atoms with Gasteiger partial charge in [0.25, 0.3) is 0 Å². The molecule has 2 aromatic rings. The molecule has 1 aliphatic rings. The van der Waals surface area contributed by atoms with Crippen LogP contribution in [-0.2, 0) is 13.8 Å². The van der Waals surface area contributed by atoms with E-state index in [9.17, 15) is 24.8 Å². The quantitative estimate of drug-likeness (QED) is 0.339. The highest BCUT2D eigenvalue weighted by Gasteiger charge is 2.51. The Morgan fingerprint density at radius 3 is 2.47 bits per heavy atom. The van der Waals surface area contributed by atoms with Crippen LogP contribution >= 0.6 is 7.60 Å². The molecule has 0 spiro atoms. The molecule has 0 radical (unpaired) electrons. The summed E-state index contributed by atoms with van der Waals surface area (Å²) < 4.78 is 26.1. The van der Waals surface area contributed by atoms with E-state index >= 15 is 0 Å². The lowest BCUT2D eigenvalue weighted by Crippen LogP contribution is -2.41. The molecule has 1 fully saturated rings. The van der Waals surface area contributed by atoms with Gasteiger partial charge in [0.15, 0.2) is 11.6 Å². The molecule has 32 heavy (non-hydrogen) atoms. The van der Waals surface area contributed by atoms with Crippen molar-refractivity contribution in [2.24, 2.45) is 0 Å². The molecule has 0 aliphatic carbocycles. The Kier molecular flexibility index (Phi) is 7.03. The summed E-state index contributed by atoms with van der Waals surface area (Å²) in [7, 11) is -4.42. The lowest BCUT2D eigenvalue weighted by Gasteiger charge is -2.39. The molecule has 180 valence electrons. The van der Waals surface area contributed by atoms with Gasteiger partial charge < -0.3 is 35.3 Å². The van der Waals surface area contributed by atoms with E-state index in [0.29, 0.717) is 23.9 Å². The SMILES string of the molecule is CCC(CC)(CC1OC(n2ccc3c(N)ncnc32)C(O)[C@@H]1O)OP(=O)(O)C(C)(O)CC. The van der Waals surface area contributed by atoms with Gasteiger partial charge in [0.2, 0.25) is 0 Å². The average Bonchev–Trinajstić information content (AvgIpc) is 3.30. The highest BCUT2D eigenvalue weighted by Crippen LogP contribution is 2.59. The van der Waals surface area contributed by atoms with Crippen LogP contribution < -0.4 is 5.73 Å². The minimum atomic E-state index is -4.42. The standard InChI is InChI=1S/C20H33N4O7P/c1-5-19(4,27)32(28,29)31-20(6-2,7-3)10-13-14(25)15(26)18(30-13)24-9-8-12-16(21)22-11-23-17(12)24/h8-9,11,13-15,18,25-27H,5-7,10H2,1-4H3,(H,28,29)(H2,21,22,23)/t13?,14-,15?,18?,19?/m1/s1. The maximum Gasteiger partial charge on any atom is 0.359 e. The van der Waals surface area contributed by atoms with Crippen LogP contribution in [0.1, 0.15) is 59.6 Å². The second-order valence-corrected chi connectivity index (χ2v) is 10.7. The topological polar surface area (TPSA) is 173 Å². The Bertz CT molecular complexity index is 993. The zero-order valence-electron chi connectivity index (χ0n) is 18.7. The first-order valence-corrected chi connectivity index (χ1v) is 12.3. The van der Waals surface area contributed by atoms with E-state index in [4.69, 9.17) is 15.0 Å². The van der Waals surface area contributed by atoms with Crippen molar-refractivity contribution in [3.05, 3.63) is 18.6 Å². The maximum absolute atomic E-state index is 12.8. The molecule has 3 rings (SSSR count). The van der Waals surface area contributed by atoms with Crippen LogP contribution in [0.15, 0.2) is 18.6 Å². The molecular weight excluding hydrogens is 439 g/mol. The third-order valence-electron chi connectivity index (χ3n) is 6.61. The van der Waals surface area contributed by atoms with E-state index in [2.05, 4.69) is 9.97 Å². The number of hydrogen-bond acceptors (Lipinski definition) is 9. The van der Waals surface area contributed by atoms with Gasteiger partial charge in [0, 0.05) is 12.6 Å². The van der Waals surface area contributed by atoms with Crippen LogP contribution in [0.2, 0.25) is 0 Å². The third-order valence-corrected chi connectivity index (χ3v) is 8.78. The summed E-state index contributed by atoms with van der Waals surface area (Å²) >= 11 is 0. The van der Waals surface area contributed by atoms with Crippen molar-refractivity contribution in [1.82, 2.24) is 14.5 Å². The first-order valence-electron chi connectivity index (χ1n) is 10.8. The van der Waals surface area contributed by atoms with Crippen LogP contribution in [0.3, 0.4) is 0 Å². The molecule has 5 unspecified atom stereocenters. The Morgan fingerprint density at radius 2 is 1.88 bits per heavy atom. The van der Waals surface area contributed by atoms with Crippen LogP contribution in [0, 0.1) is 0 Å². The first kappa shape index (κ1) is 25.0. The minimum Gasteiger partial charge on any atom is -0.388 e. The molecule has 1 saturated heterocycles. The predicted octanol–water partition coefficient (Wildman–Crippen LogP) is 1.90. The van der Waals surface area contributed by atoms with E-state index in [1.54, 1.807) is 37.6 Å². The van der Waals surface area contributed by atoms with E-state index in [1.807, 2.05) is 0 Å². The maximum atomic E-state index is 12.8. The monoisotopic (exact) mass is 472 g/mol. The zero-order valence-corrected chi connectivity index (χ0v) is 19.6. The van der Waals surface area contributed by atoms with Crippen molar-refractivity contribution in [1.29, 1.82) is 0 Å². The largest absolute Gasteiger partial charge is 0.388 e. The molecule has 0 amide bonds. The summed E-state index contributed by atoms with van der Waals surface area (Å²) in [6, 6.07) is 1.70. The Hall–Kier alpha value is -1.59. The molecule has 1 aliphatic heterocycles. The van der Waals surface area contributed by atoms with Crippen LogP contribution in [-0.4, -0.2) is 64.0 Å². The van der Waals surface area contributed by atoms with E-state index in [-0.39, 0.29) is 18.7 Å². The van der Waals surface area contributed by atoms with Crippen molar-refractivity contribution in [2.75, 3.05) is 5.73 Å². The molecule has 0 saturated carbocycles. The predicted molar refractivity (Wildman–Crippen MR) is 118 cm³/mol. The van der Waals surface area contributed by atoms with Crippen molar-refractivity contribution >= 4 is 24.4 Å².